The van der Waals surface area contributed by atoms with Gasteiger partial charge in [0.2, 0.25) is 0 Å². The van der Waals surface area contributed by atoms with E-state index in [1.807, 2.05) is 23.9 Å². The predicted molar refractivity (Wildman–Crippen MR) is 128 cm³/mol. The van der Waals surface area contributed by atoms with Crippen LogP contribution in [0.5, 0.6) is 5.75 Å². The van der Waals surface area contributed by atoms with Crippen LogP contribution in [0.15, 0.2) is 47.4 Å². The third kappa shape index (κ3) is 5.15. The minimum absolute atomic E-state index is 0.0279. The largest absolute Gasteiger partial charge is 0.497 e. The Morgan fingerprint density at radius 1 is 1.10 bits per heavy atom. The van der Waals surface area contributed by atoms with E-state index in [0.717, 1.165) is 55.1 Å². The molecule has 0 radical (unpaired) electrons. The number of carbonyl (C=O) groups is 1. The van der Waals surface area contributed by atoms with Crippen molar-refractivity contribution in [2.75, 3.05) is 7.11 Å². The van der Waals surface area contributed by atoms with Crippen molar-refractivity contribution >= 4 is 28.6 Å². The van der Waals surface area contributed by atoms with Crippen LogP contribution in [0.1, 0.15) is 57.8 Å². The summed E-state index contributed by atoms with van der Waals surface area (Å²) in [5.74, 6) is 3.91. The smallest absolute Gasteiger partial charge is 0.132 e. The minimum atomic E-state index is -0.0279. The van der Waals surface area contributed by atoms with E-state index in [-0.39, 0.29) is 5.41 Å². The van der Waals surface area contributed by atoms with E-state index in [1.165, 1.54) is 16.0 Å². The molecule has 0 N–H and O–H groups in total. The average Bonchev–Trinajstić information content (AvgIpc) is 3.12. The van der Waals surface area contributed by atoms with Crippen molar-refractivity contribution in [3.63, 3.8) is 0 Å². The monoisotopic (exact) mass is 436 g/mol. The summed E-state index contributed by atoms with van der Waals surface area (Å²) in [5.41, 5.74) is 3.52. The molecule has 1 aliphatic rings. The van der Waals surface area contributed by atoms with E-state index in [0.29, 0.717) is 11.7 Å². The molecular formula is C26H32N2O2S. The predicted octanol–water partition coefficient (Wildman–Crippen LogP) is 6.39. The van der Waals surface area contributed by atoms with Crippen LogP contribution < -0.4 is 4.74 Å². The van der Waals surface area contributed by atoms with Crippen LogP contribution in [0, 0.1) is 5.92 Å². The lowest BCUT2D eigenvalue weighted by atomic mass is 9.88. The van der Waals surface area contributed by atoms with Gasteiger partial charge in [0.05, 0.1) is 18.1 Å². The van der Waals surface area contributed by atoms with Crippen LogP contribution in [0.3, 0.4) is 0 Å². The second-order valence-electron chi connectivity index (χ2n) is 9.57. The molecule has 1 saturated carbocycles. The molecule has 0 aliphatic heterocycles. The number of ketones is 1. The van der Waals surface area contributed by atoms with E-state index in [1.54, 1.807) is 7.11 Å². The molecule has 2 aromatic carbocycles. The van der Waals surface area contributed by atoms with Gasteiger partial charge in [-0.05, 0) is 54.7 Å². The number of ether oxygens (including phenoxy) is 1. The number of thioether (sulfide) groups is 1. The molecule has 0 bridgehead atoms. The number of fused-ring (bicyclic) bond motifs is 1. The van der Waals surface area contributed by atoms with Crippen LogP contribution in [-0.2, 0) is 22.5 Å². The number of rotatable bonds is 6. The summed E-state index contributed by atoms with van der Waals surface area (Å²) >= 11 is 1.83. The molecule has 5 heteroatoms. The van der Waals surface area contributed by atoms with Gasteiger partial charge in [0.15, 0.2) is 0 Å². The lowest BCUT2D eigenvalue weighted by molar-refractivity contribution is -0.121. The first-order chi connectivity index (χ1) is 14.8. The molecule has 1 aromatic heterocycles. The number of methoxy groups -OCH3 is 1. The fraction of sp³-hybridized carbons (Fsp3) is 0.462. The van der Waals surface area contributed by atoms with Gasteiger partial charge >= 0.3 is 0 Å². The zero-order valence-corrected chi connectivity index (χ0v) is 19.8. The molecule has 4 rings (SSSR count). The lowest BCUT2D eigenvalue weighted by Crippen LogP contribution is -2.24. The van der Waals surface area contributed by atoms with Crippen molar-refractivity contribution < 1.29 is 9.53 Å². The Morgan fingerprint density at radius 2 is 1.81 bits per heavy atom. The average molecular weight is 437 g/mol. The van der Waals surface area contributed by atoms with Crippen molar-refractivity contribution in [1.82, 2.24) is 9.55 Å². The Hall–Kier alpha value is -2.27. The summed E-state index contributed by atoms with van der Waals surface area (Å²) in [7, 11) is 1.69. The van der Waals surface area contributed by atoms with Gasteiger partial charge in [0.25, 0.3) is 0 Å². The maximum atomic E-state index is 11.7. The standard InChI is InChI=1S/C26H32N2O2S/c1-26(2,3)25-27-23-15-22(31-17-19-7-11-21(30-4)12-8-19)13-14-24(23)28(25)16-18-5-9-20(29)10-6-18/h7-8,11-15,18H,5-6,9-10,16-17H2,1-4H3. The highest BCUT2D eigenvalue weighted by Crippen LogP contribution is 2.33. The van der Waals surface area contributed by atoms with E-state index in [9.17, 15) is 4.79 Å². The quantitative estimate of drug-likeness (QED) is 0.420. The second-order valence-corrected chi connectivity index (χ2v) is 10.6. The topological polar surface area (TPSA) is 44.1 Å². The number of hydrogen-bond donors (Lipinski definition) is 0. The Morgan fingerprint density at radius 3 is 2.45 bits per heavy atom. The van der Waals surface area contributed by atoms with Crippen molar-refractivity contribution in [3.05, 3.63) is 53.9 Å². The number of imidazole rings is 1. The van der Waals surface area contributed by atoms with Gasteiger partial charge in [0.1, 0.15) is 17.4 Å². The highest BCUT2D eigenvalue weighted by Gasteiger charge is 2.26. The summed E-state index contributed by atoms with van der Waals surface area (Å²) in [4.78, 5) is 18.0. The maximum Gasteiger partial charge on any atom is 0.132 e. The van der Waals surface area contributed by atoms with Gasteiger partial charge < -0.3 is 9.30 Å². The zero-order chi connectivity index (χ0) is 22.0. The SMILES string of the molecule is COc1ccc(CSc2ccc3c(c2)nc(C(C)(C)C)n3CC2CCC(=O)CC2)cc1. The molecule has 0 atom stereocenters. The zero-order valence-electron chi connectivity index (χ0n) is 19.0. The number of nitrogens with zero attached hydrogens (tertiary/aromatic N) is 2. The van der Waals surface area contributed by atoms with Crippen LogP contribution in [0.25, 0.3) is 11.0 Å². The third-order valence-corrected chi connectivity index (χ3v) is 7.12. The molecule has 0 saturated heterocycles. The molecule has 0 spiro atoms. The van der Waals surface area contributed by atoms with Gasteiger partial charge in [-0.15, -0.1) is 11.8 Å². The number of hydrogen-bond acceptors (Lipinski definition) is 4. The molecule has 1 aliphatic carbocycles. The fourth-order valence-corrected chi connectivity index (χ4v) is 5.17. The Balaban J connectivity index is 1.56. The first kappa shape index (κ1) is 21.9. The Kier molecular flexibility index (Phi) is 6.42. The minimum Gasteiger partial charge on any atom is -0.497 e. The number of Topliss-reactive ketones (excluding diaryl/α,β-unsaturated/α-hetero) is 1. The molecule has 1 fully saturated rings. The van der Waals surface area contributed by atoms with Crippen molar-refractivity contribution in [2.24, 2.45) is 5.92 Å². The normalized spacial score (nSPS) is 15.5. The molecule has 0 unspecified atom stereocenters. The van der Waals surface area contributed by atoms with E-state index in [2.05, 4.69) is 55.7 Å². The summed E-state index contributed by atoms with van der Waals surface area (Å²) in [5, 5.41) is 0. The van der Waals surface area contributed by atoms with Crippen molar-refractivity contribution in [1.29, 1.82) is 0 Å². The summed E-state index contributed by atoms with van der Waals surface area (Å²) in [6, 6.07) is 14.9. The summed E-state index contributed by atoms with van der Waals surface area (Å²) in [6.45, 7) is 7.64. The molecular weight excluding hydrogens is 404 g/mol. The number of benzene rings is 2. The van der Waals surface area contributed by atoms with E-state index in [4.69, 9.17) is 9.72 Å². The van der Waals surface area contributed by atoms with Crippen LogP contribution >= 0.6 is 11.8 Å². The highest BCUT2D eigenvalue weighted by atomic mass is 32.2. The first-order valence-electron chi connectivity index (χ1n) is 11.1. The Labute approximate surface area is 189 Å². The van der Waals surface area contributed by atoms with Crippen LogP contribution in [-0.4, -0.2) is 22.4 Å². The Bertz CT molecular complexity index is 1050. The van der Waals surface area contributed by atoms with E-state index < -0.39 is 0 Å². The number of carbonyl (C=O) groups excluding carboxylic acids is 1. The van der Waals surface area contributed by atoms with Crippen molar-refractivity contribution in [3.8, 4) is 5.75 Å². The summed E-state index contributed by atoms with van der Waals surface area (Å²) in [6.07, 6.45) is 3.46. The summed E-state index contributed by atoms with van der Waals surface area (Å²) < 4.78 is 7.66. The maximum absolute atomic E-state index is 11.7. The molecule has 164 valence electrons. The molecule has 31 heavy (non-hydrogen) atoms. The lowest BCUT2D eigenvalue weighted by Gasteiger charge is -2.26. The van der Waals surface area contributed by atoms with Gasteiger partial charge in [-0.3, -0.25) is 4.79 Å². The van der Waals surface area contributed by atoms with Crippen LogP contribution in [0.4, 0.5) is 0 Å². The van der Waals surface area contributed by atoms with Crippen molar-refractivity contribution in [2.45, 2.75) is 69.1 Å². The number of aromatic nitrogens is 2. The van der Waals surface area contributed by atoms with Crippen LogP contribution in [0.2, 0.25) is 0 Å². The second kappa shape index (κ2) is 9.07. The molecule has 0 amide bonds. The first-order valence-corrected chi connectivity index (χ1v) is 12.1. The van der Waals surface area contributed by atoms with Gasteiger partial charge in [-0.2, -0.15) is 0 Å². The third-order valence-electron chi connectivity index (χ3n) is 6.06. The van der Waals surface area contributed by atoms with E-state index >= 15 is 0 Å². The molecule has 1 heterocycles. The van der Waals surface area contributed by atoms with Gasteiger partial charge in [-0.25, -0.2) is 4.98 Å². The molecule has 4 nitrogen and oxygen atoms in total. The fourth-order valence-electron chi connectivity index (χ4n) is 4.29. The van der Waals surface area contributed by atoms with Gasteiger partial charge in [0, 0.05) is 35.4 Å². The highest BCUT2D eigenvalue weighted by molar-refractivity contribution is 7.98. The molecule has 3 aromatic rings. The van der Waals surface area contributed by atoms with Gasteiger partial charge in [-0.1, -0.05) is 32.9 Å².